The summed E-state index contributed by atoms with van der Waals surface area (Å²) >= 11 is 0. The van der Waals surface area contributed by atoms with Crippen LogP contribution in [0.15, 0.2) is 36.7 Å². The van der Waals surface area contributed by atoms with E-state index in [4.69, 9.17) is 10.00 Å². The lowest BCUT2D eigenvalue weighted by Crippen LogP contribution is -2.58. The Morgan fingerprint density at radius 3 is 2.18 bits per heavy atom. The second-order valence-corrected chi connectivity index (χ2v) is 8.94. The molecule has 4 heterocycles. The third-order valence-electron chi connectivity index (χ3n) is 6.62. The van der Waals surface area contributed by atoms with Gasteiger partial charge in [0.25, 0.3) is 0 Å². The van der Waals surface area contributed by atoms with Crippen LogP contribution in [-0.4, -0.2) is 46.1 Å². The van der Waals surface area contributed by atoms with Gasteiger partial charge in [-0.25, -0.2) is 14.9 Å². The molecule has 1 aromatic carbocycles. The molecule has 5 rings (SSSR count). The maximum Gasteiger partial charge on any atom is 0.417 e. The number of amides is 2. The number of aromatic nitrogens is 2. The van der Waals surface area contributed by atoms with E-state index in [-0.39, 0.29) is 18.8 Å². The number of benzene rings is 1. The molecule has 3 aliphatic rings. The summed E-state index contributed by atoms with van der Waals surface area (Å²) in [5.74, 6) is -2.56. The highest BCUT2D eigenvalue weighted by molar-refractivity contribution is 6.23. The number of halogens is 3. The predicted molar refractivity (Wildman–Crippen MR) is 108 cm³/mol. The minimum Gasteiger partial charge on any atom is -0.364 e. The Kier molecular flexibility index (Phi) is 4.36. The number of carbonyl (C=O) groups excluding carboxylic acids is 2. The Labute approximate surface area is 186 Å². The molecule has 2 amide bonds. The summed E-state index contributed by atoms with van der Waals surface area (Å²) < 4.78 is 46.6. The van der Waals surface area contributed by atoms with Crippen molar-refractivity contribution in [3.63, 3.8) is 0 Å². The summed E-state index contributed by atoms with van der Waals surface area (Å²) in [7, 11) is 0. The number of nitrogens with zero attached hydrogens (tertiary/aromatic N) is 5. The van der Waals surface area contributed by atoms with E-state index in [0.717, 1.165) is 11.0 Å². The molecule has 0 N–H and O–H groups in total. The van der Waals surface area contributed by atoms with E-state index in [2.05, 4.69) is 9.97 Å². The highest BCUT2D eigenvalue weighted by Gasteiger charge is 2.72. The number of imide groups is 1. The fourth-order valence-corrected chi connectivity index (χ4v) is 5.49. The van der Waals surface area contributed by atoms with Crippen molar-refractivity contribution in [2.45, 2.75) is 31.2 Å². The molecule has 0 saturated carbocycles. The molecule has 8 nitrogen and oxygen atoms in total. The summed E-state index contributed by atoms with van der Waals surface area (Å²) in [5, 5.41) is 9.04. The topological polar surface area (TPSA) is 99.4 Å². The highest BCUT2D eigenvalue weighted by Crippen LogP contribution is 2.56. The van der Waals surface area contributed by atoms with Crippen molar-refractivity contribution >= 4 is 23.5 Å². The maximum absolute atomic E-state index is 13.5. The Morgan fingerprint density at radius 1 is 1.09 bits per heavy atom. The first-order valence-corrected chi connectivity index (χ1v) is 10.2. The molecule has 0 unspecified atom stereocenters. The van der Waals surface area contributed by atoms with E-state index < -0.39 is 52.2 Å². The third kappa shape index (κ3) is 3.01. The van der Waals surface area contributed by atoms with Gasteiger partial charge in [0.1, 0.15) is 0 Å². The van der Waals surface area contributed by atoms with Crippen molar-refractivity contribution in [1.29, 1.82) is 5.26 Å². The van der Waals surface area contributed by atoms with Crippen LogP contribution in [0.3, 0.4) is 0 Å². The van der Waals surface area contributed by atoms with Gasteiger partial charge in [0.15, 0.2) is 0 Å². The van der Waals surface area contributed by atoms with E-state index in [0.29, 0.717) is 12.0 Å². The number of ether oxygens (including phenoxy) is 1. The predicted octanol–water partition coefficient (Wildman–Crippen LogP) is 2.54. The largest absolute Gasteiger partial charge is 0.417 e. The first-order chi connectivity index (χ1) is 15.5. The average Bonchev–Trinajstić information content (AvgIpc) is 3.13. The first kappa shape index (κ1) is 21.3. The second kappa shape index (κ2) is 6.74. The van der Waals surface area contributed by atoms with Crippen LogP contribution in [0.4, 0.5) is 24.8 Å². The van der Waals surface area contributed by atoms with Crippen LogP contribution in [0, 0.1) is 23.2 Å². The number of alkyl halides is 3. The van der Waals surface area contributed by atoms with Crippen LogP contribution in [0.1, 0.15) is 25.0 Å². The average molecular weight is 457 g/mol. The molecule has 3 aliphatic heterocycles. The summed E-state index contributed by atoms with van der Waals surface area (Å²) in [6.07, 6.45) is -1.63. The summed E-state index contributed by atoms with van der Waals surface area (Å²) in [6, 6.07) is 6.02. The van der Waals surface area contributed by atoms with Crippen LogP contribution >= 0.6 is 0 Å². The van der Waals surface area contributed by atoms with Crippen molar-refractivity contribution in [1.82, 2.24) is 9.97 Å². The van der Waals surface area contributed by atoms with Gasteiger partial charge >= 0.3 is 6.18 Å². The maximum atomic E-state index is 13.5. The monoisotopic (exact) mass is 457 g/mol. The van der Waals surface area contributed by atoms with Gasteiger partial charge < -0.3 is 9.64 Å². The molecular weight excluding hydrogens is 439 g/mol. The lowest BCUT2D eigenvalue weighted by Gasteiger charge is -2.44. The Hall–Kier alpha value is -3.52. The Bertz CT molecular complexity index is 1180. The number of hydrogen-bond acceptors (Lipinski definition) is 7. The zero-order valence-corrected chi connectivity index (χ0v) is 17.6. The molecule has 33 heavy (non-hydrogen) atoms. The highest BCUT2D eigenvalue weighted by atomic mass is 19.4. The normalized spacial score (nSPS) is 31.0. The smallest absolute Gasteiger partial charge is 0.364 e. The minimum absolute atomic E-state index is 0.209. The van der Waals surface area contributed by atoms with Gasteiger partial charge in [-0.15, -0.1) is 0 Å². The lowest BCUT2D eigenvalue weighted by molar-refractivity contribution is -0.142. The van der Waals surface area contributed by atoms with E-state index in [1.54, 1.807) is 32.3 Å². The molecular formula is C22H18F3N5O3. The van der Waals surface area contributed by atoms with Crippen molar-refractivity contribution < 1.29 is 27.5 Å². The van der Waals surface area contributed by atoms with Gasteiger partial charge in [-0.2, -0.15) is 18.4 Å². The number of anilines is 2. The zero-order valence-electron chi connectivity index (χ0n) is 17.6. The molecule has 3 fully saturated rings. The van der Waals surface area contributed by atoms with Gasteiger partial charge in [-0.1, -0.05) is 0 Å². The van der Waals surface area contributed by atoms with Crippen LogP contribution in [0.5, 0.6) is 0 Å². The fraction of sp³-hybridized carbons (Fsp3) is 0.409. The second-order valence-electron chi connectivity index (χ2n) is 8.94. The van der Waals surface area contributed by atoms with Crippen molar-refractivity contribution in [2.75, 3.05) is 22.9 Å². The van der Waals surface area contributed by atoms with Gasteiger partial charge in [-0.05, 0) is 38.1 Å². The molecule has 11 heteroatoms. The summed E-state index contributed by atoms with van der Waals surface area (Å²) in [4.78, 5) is 38.1. The molecule has 3 saturated heterocycles. The molecule has 2 bridgehead atoms. The van der Waals surface area contributed by atoms with Crippen LogP contribution in [0.25, 0.3) is 0 Å². The van der Waals surface area contributed by atoms with Crippen LogP contribution in [0.2, 0.25) is 0 Å². The number of morpholine rings is 1. The number of fused-ring (bicyclic) bond motifs is 5. The van der Waals surface area contributed by atoms with Gasteiger partial charge in [0.2, 0.25) is 17.8 Å². The molecule has 0 radical (unpaired) electrons. The summed E-state index contributed by atoms with van der Waals surface area (Å²) in [5.41, 5.74) is -4.13. The van der Waals surface area contributed by atoms with E-state index in [9.17, 15) is 22.8 Å². The lowest BCUT2D eigenvalue weighted by atomic mass is 9.79. The first-order valence-electron chi connectivity index (χ1n) is 10.2. The molecule has 170 valence electrons. The SMILES string of the molecule is C[C@@]12CN(c3ncccn3)C[C@](C)(O1)[C@H]1C(=O)N(c3ccc(C#N)c(C(F)(F)F)c3)C(=O)[C@H]12. The molecule has 4 atom stereocenters. The number of nitriles is 1. The van der Waals surface area contributed by atoms with Gasteiger partial charge in [0, 0.05) is 12.4 Å². The van der Waals surface area contributed by atoms with E-state index in [1.807, 2.05) is 4.90 Å². The van der Waals surface area contributed by atoms with Crippen molar-refractivity contribution in [2.24, 2.45) is 11.8 Å². The summed E-state index contributed by atoms with van der Waals surface area (Å²) in [6.45, 7) is 3.92. The third-order valence-corrected chi connectivity index (χ3v) is 6.62. The van der Waals surface area contributed by atoms with E-state index in [1.165, 1.54) is 12.1 Å². The quantitative estimate of drug-likeness (QED) is 0.639. The zero-order chi connectivity index (χ0) is 23.8. The molecule has 0 aliphatic carbocycles. The number of carbonyl (C=O) groups is 2. The van der Waals surface area contributed by atoms with Crippen LogP contribution < -0.4 is 9.80 Å². The minimum atomic E-state index is -4.81. The number of rotatable bonds is 2. The standard InChI is InChI=1S/C22H18F3N5O3/c1-20-10-29(19-27-6-3-7-28-19)11-21(2,33-20)16-15(20)17(31)30(18(16)32)13-5-4-12(9-26)14(8-13)22(23,24)25/h3-8,15-16H,10-11H2,1-2H3/t15-,16+,20-,21-/m0/s1. The fourth-order valence-electron chi connectivity index (χ4n) is 5.49. The number of hydrogen-bond donors (Lipinski definition) is 0. The Balaban J connectivity index is 1.54. The van der Waals surface area contributed by atoms with Crippen LogP contribution in [-0.2, 0) is 20.5 Å². The van der Waals surface area contributed by atoms with E-state index >= 15 is 0 Å². The van der Waals surface area contributed by atoms with Crippen molar-refractivity contribution in [3.05, 3.63) is 47.8 Å². The Morgan fingerprint density at radius 2 is 1.67 bits per heavy atom. The molecule has 2 aromatic rings. The molecule has 1 aromatic heterocycles. The van der Waals surface area contributed by atoms with Crippen molar-refractivity contribution in [3.8, 4) is 6.07 Å². The molecule has 0 spiro atoms. The van der Waals surface area contributed by atoms with Gasteiger partial charge in [0.05, 0.1) is 59.0 Å². The van der Waals surface area contributed by atoms with Gasteiger partial charge in [-0.3, -0.25) is 9.59 Å².